The second kappa shape index (κ2) is 8.22. The molecule has 0 amide bonds. The first-order valence-corrected chi connectivity index (χ1v) is 8.56. The summed E-state index contributed by atoms with van der Waals surface area (Å²) in [5, 5.41) is 3.59. The molecule has 0 saturated carbocycles. The minimum Gasteiger partial charge on any atom is -0.315 e. The molecule has 0 radical (unpaired) electrons. The molecular formula is C16H25IN2. The van der Waals surface area contributed by atoms with Crippen molar-refractivity contribution in [1.82, 2.24) is 10.2 Å². The first-order chi connectivity index (χ1) is 9.29. The van der Waals surface area contributed by atoms with Crippen LogP contribution in [0.2, 0.25) is 0 Å². The van der Waals surface area contributed by atoms with Gasteiger partial charge in [0.25, 0.3) is 0 Å². The quantitative estimate of drug-likeness (QED) is 0.606. The highest BCUT2D eigenvalue weighted by atomic mass is 127. The molecule has 1 fully saturated rings. The van der Waals surface area contributed by atoms with Gasteiger partial charge in [-0.15, -0.1) is 0 Å². The summed E-state index contributed by atoms with van der Waals surface area (Å²) >= 11 is 2.37. The molecule has 19 heavy (non-hydrogen) atoms. The van der Waals surface area contributed by atoms with Gasteiger partial charge in [-0.1, -0.05) is 25.5 Å². The van der Waals surface area contributed by atoms with Crippen molar-refractivity contribution < 1.29 is 0 Å². The van der Waals surface area contributed by atoms with Crippen molar-refractivity contribution in [2.45, 2.75) is 45.2 Å². The lowest BCUT2D eigenvalue weighted by Crippen LogP contribution is -2.45. The molecule has 0 aromatic heterocycles. The Kier molecular flexibility index (Phi) is 6.61. The summed E-state index contributed by atoms with van der Waals surface area (Å²) in [6.07, 6.45) is 5.32. The summed E-state index contributed by atoms with van der Waals surface area (Å²) in [7, 11) is 0. The van der Waals surface area contributed by atoms with Gasteiger partial charge >= 0.3 is 0 Å². The minimum absolute atomic E-state index is 0.722. The molecule has 0 spiro atoms. The summed E-state index contributed by atoms with van der Waals surface area (Å²) < 4.78 is 1.32. The molecule has 1 aromatic carbocycles. The molecule has 0 aliphatic carbocycles. The van der Waals surface area contributed by atoms with E-state index in [0.29, 0.717) is 0 Å². The zero-order valence-electron chi connectivity index (χ0n) is 11.9. The normalized spacial score (nSPS) is 20.6. The Labute approximate surface area is 131 Å². The molecule has 1 N–H and O–H groups in total. The molecule has 2 rings (SSSR count). The van der Waals surface area contributed by atoms with Crippen molar-refractivity contribution in [3.8, 4) is 0 Å². The van der Waals surface area contributed by atoms with Crippen molar-refractivity contribution in [2.75, 3.05) is 19.6 Å². The van der Waals surface area contributed by atoms with E-state index < -0.39 is 0 Å². The van der Waals surface area contributed by atoms with Crippen molar-refractivity contribution in [3.05, 3.63) is 33.4 Å². The SMILES string of the molecule is CCCNCC1CCCCN1Cc1ccc(I)cc1. The van der Waals surface area contributed by atoms with Gasteiger partial charge in [-0.2, -0.15) is 0 Å². The summed E-state index contributed by atoms with van der Waals surface area (Å²) in [5.41, 5.74) is 1.45. The van der Waals surface area contributed by atoms with Crippen LogP contribution in [0.3, 0.4) is 0 Å². The molecule has 1 atom stereocenters. The average Bonchev–Trinajstić information content (AvgIpc) is 2.43. The Hall–Kier alpha value is -0.130. The Morgan fingerprint density at radius 2 is 2.05 bits per heavy atom. The van der Waals surface area contributed by atoms with Gasteiger partial charge in [-0.3, -0.25) is 4.90 Å². The van der Waals surface area contributed by atoms with Gasteiger partial charge in [-0.25, -0.2) is 0 Å². The summed E-state index contributed by atoms with van der Waals surface area (Å²) in [5.74, 6) is 0. The number of nitrogens with zero attached hydrogens (tertiary/aromatic N) is 1. The number of hydrogen-bond acceptors (Lipinski definition) is 2. The number of halogens is 1. The van der Waals surface area contributed by atoms with Crippen LogP contribution in [0.5, 0.6) is 0 Å². The molecule has 1 heterocycles. The van der Waals surface area contributed by atoms with Crippen LogP contribution in [0.15, 0.2) is 24.3 Å². The fourth-order valence-electron chi connectivity index (χ4n) is 2.77. The van der Waals surface area contributed by atoms with Gasteiger partial charge in [0.15, 0.2) is 0 Å². The maximum Gasteiger partial charge on any atom is 0.0237 e. The lowest BCUT2D eigenvalue weighted by Gasteiger charge is -2.36. The Bertz CT molecular complexity index is 364. The lowest BCUT2D eigenvalue weighted by molar-refractivity contribution is 0.137. The molecule has 1 unspecified atom stereocenters. The van der Waals surface area contributed by atoms with Crippen LogP contribution in [0.4, 0.5) is 0 Å². The molecule has 1 aromatic rings. The van der Waals surface area contributed by atoms with Crippen molar-refractivity contribution in [1.29, 1.82) is 0 Å². The Morgan fingerprint density at radius 3 is 2.79 bits per heavy atom. The highest BCUT2D eigenvalue weighted by Crippen LogP contribution is 2.19. The van der Waals surface area contributed by atoms with Crippen LogP contribution in [-0.2, 0) is 6.54 Å². The summed E-state index contributed by atoms with van der Waals surface area (Å²) in [6.45, 7) is 6.89. The third-order valence-corrected chi connectivity index (χ3v) is 4.57. The standard InChI is InChI=1S/C16H25IN2/c1-2-10-18-12-16-5-3-4-11-19(16)13-14-6-8-15(17)9-7-14/h6-9,16,18H,2-5,10-13H2,1H3. The van der Waals surface area contributed by atoms with Crippen LogP contribution in [0.1, 0.15) is 38.2 Å². The van der Waals surface area contributed by atoms with Crippen molar-refractivity contribution in [3.63, 3.8) is 0 Å². The molecular weight excluding hydrogens is 347 g/mol. The zero-order valence-corrected chi connectivity index (χ0v) is 14.0. The van der Waals surface area contributed by atoms with Gasteiger partial charge in [0, 0.05) is 22.7 Å². The van der Waals surface area contributed by atoms with Gasteiger partial charge < -0.3 is 5.32 Å². The van der Waals surface area contributed by atoms with Crippen molar-refractivity contribution >= 4 is 22.6 Å². The highest BCUT2D eigenvalue weighted by Gasteiger charge is 2.21. The number of hydrogen-bond donors (Lipinski definition) is 1. The van der Waals surface area contributed by atoms with Crippen LogP contribution in [0, 0.1) is 3.57 Å². The number of likely N-dealkylation sites (tertiary alicyclic amines) is 1. The van der Waals surface area contributed by atoms with E-state index in [1.54, 1.807) is 0 Å². The topological polar surface area (TPSA) is 15.3 Å². The van der Waals surface area contributed by atoms with Crippen LogP contribution in [0.25, 0.3) is 0 Å². The maximum absolute atomic E-state index is 3.59. The monoisotopic (exact) mass is 372 g/mol. The number of nitrogens with one attached hydrogen (secondary N) is 1. The molecule has 106 valence electrons. The van der Waals surface area contributed by atoms with E-state index in [9.17, 15) is 0 Å². The van der Waals surface area contributed by atoms with Crippen molar-refractivity contribution in [2.24, 2.45) is 0 Å². The van der Waals surface area contributed by atoms with E-state index in [-0.39, 0.29) is 0 Å². The predicted octanol–water partition coefficient (Wildman–Crippen LogP) is 3.65. The van der Waals surface area contributed by atoms with Crippen LogP contribution >= 0.6 is 22.6 Å². The predicted molar refractivity (Wildman–Crippen MR) is 90.4 cm³/mol. The summed E-state index contributed by atoms with van der Waals surface area (Å²) in [6, 6.07) is 9.69. The third kappa shape index (κ3) is 5.04. The van der Waals surface area contributed by atoms with E-state index >= 15 is 0 Å². The first-order valence-electron chi connectivity index (χ1n) is 7.49. The maximum atomic E-state index is 3.59. The molecule has 0 bridgehead atoms. The zero-order chi connectivity index (χ0) is 13.5. The number of rotatable bonds is 6. The largest absolute Gasteiger partial charge is 0.315 e. The minimum atomic E-state index is 0.722. The van der Waals surface area contributed by atoms with E-state index in [1.165, 1.54) is 41.4 Å². The second-order valence-corrected chi connectivity index (χ2v) is 6.70. The fourth-order valence-corrected chi connectivity index (χ4v) is 3.13. The van der Waals surface area contributed by atoms with Crippen LogP contribution in [-0.4, -0.2) is 30.6 Å². The summed E-state index contributed by atoms with van der Waals surface area (Å²) in [4.78, 5) is 2.66. The lowest BCUT2D eigenvalue weighted by atomic mass is 10.0. The second-order valence-electron chi connectivity index (χ2n) is 5.45. The Morgan fingerprint density at radius 1 is 1.26 bits per heavy atom. The van der Waals surface area contributed by atoms with E-state index in [4.69, 9.17) is 0 Å². The van der Waals surface area contributed by atoms with Gasteiger partial charge in [0.1, 0.15) is 0 Å². The average molecular weight is 372 g/mol. The smallest absolute Gasteiger partial charge is 0.0237 e. The molecule has 2 nitrogen and oxygen atoms in total. The number of piperidine rings is 1. The van der Waals surface area contributed by atoms with Gasteiger partial charge in [0.05, 0.1) is 0 Å². The number of benzene rings is 1. The van der Waals surface area contributed by atoms with E-state index in [2.05, 4.69) is 64.0 Å². The van der Waals surface area contributed by atoms with Crippen LogP contribution < -0.4 is 5.32 Å². The van der Waals surface area contributed by atoms with Gasteiger partial charge in [-0.05, 0) is 72.6 Å². The molecule has 1 aliphatic rings. The van der Waals surface area contributed by atoms with E-state index in [1.807, 2.05) is 0 Å². The highest BCUT2D eigenvalue weighted by molar-refractivity contribution is 14.1. The third-order valence-electron chi connectivity index (χ3n) is 3.85. The fraction of sp³-hybridized carbons (Fsp3) is 0.625. The molecule has 3 heteroatoms. The first kappa shape index (κ1) is 15.3. The van der Waals surface area contributed by atoms with E-state index in [0.717, 1.165) is 25.7 Å². The van der Waals surface area contributed by atoms with Gasteiger partial charge in [0.2, 0.25) is 0 Å². The Balaban J connectivity index is 1.89. The molecule has 1 aliphatic heterocycles. The molecule has 1 saturated heterocycles.